The summed E-state index contributed by atoms with van der Waals surface area (Å²) in [5.41, 5.74) is 9.87. The van der Waals surface area contributed by atoms with Crippen LogP contribution in [0.15, 0.2) is 24.3 Å². The molecule has 0 amide bonds. The van der Waals surface area contributed by atoms with Crippen LogP contribution in [0.3, 0.4) is 0 Å². The van der Waals surface area contributed by atoms with Crippen molar-refractivity contribution in [2.45, 2.75) is 33.6 Å². The number of hydrogen-bond donors (Lipinski definition) is 1. The molecule has 0 unspecified atom stereocenters. The van der Waals surface area contributed by atoms with E-state index in [0.717, 1.165) is 30.0 Å². The molecule has 0 aliphatic carbocycles. The number of hydrogen-bond acceptors (Lipinski definition) is 3. The molecule has 1 aromatic heterocycles. The Kier molecular flexibility index (Phi) is 4.10. The van der Waals surface area contributed by atoms with Crippen LogP contribution in [0, 0.1) is 0 Å². The summed E-state index contributed by atoms with van der Waals surface area (Å²) < 4.78 is 7.49. The average Bonchev–Trinajstić information content (AvgIpc) is 2.81. The van der Waals surface area contributed by atoms with Crippen LogP contribution in [0.2, 0.25) is 0 Å². The van der Waals surface area contributed by atoms with E-state index in [4.69, 9.17) is 10.5 Å². The molecule has 19 heavy (non-hydrogen) atoms. The van der Waals surface area contributed by atoms with E-state index >= 15 is 0 Å². The SMILES string of the molecule is CCOc1cc(N)cc(-n2nc(CC)cc2CC)c1. The Hall–Kier alpha value is -1.97. The molecule has 0 saturated carbocycles. The molecule has 0 spiro atoms. The number of aromatic nitrogens is 2. The molecule has 0 saturated heterocycles. The molecule has 0 aliphatic rings. The van der Waals surface area contributed by atoms with Crippen LogP contribution in [0.25, 0.3) is 5.69 Å². The lowest BCUT2D eigenvalue weighted by molar-refractivity contribution is 0.340. The quantitative estimate of drug-likeness (QED) is 0.840. The van der Waals surface area contributed by atoms with Crippen LogP contribution in [-0.4, -0.2) is 16.4 Å². The minimum Gasteiger partial charge on any atom is -0.494 e. The molecule has 0 fully saturated rings. The highest BCUT2D eigenvalue weighted by Gasteiger charge is 2.09. The summed E-state index contributed by atoms with van der Waals surface area (Å²) in [6.07, 6.45) is 1.87. The van der Waals surface area contributed by atoms with E-state index in [9.17, 15) is 0 Å². The zero-order valence-corrected chi connectivity index (χ0v) is 11.8. The summed E-state index contributed by atoms with van der Waals surface area (Å²) in [7, 11) is 0. The summed E-state index contributed by atoms with van der Waals surface area (Å²) >= 11 is 0. The van der Waals surface area contributed by atoms with Gasteiger partial charge >= 0.3 is 0 Å². The first-order chi connectivity index (χ1) is 9.17. The van der Waals surface area contributed by atoms with E-state index in [-0.39, 0.29) is 0 Å². The van der Waals surface area contributed by atoms with Crippen molar-refractivity contribution in [3.63, 3.8) is 0 Å². The fraction of sp³-hybridized carbons (Fsp3) is 0.400. The smallest absolute Gasteiger partial charge is 0.123 e. The third-order valence-electron chi connectivity index (χ3n) is 3.03. The van der Waals surface area contributed by atoms with Crippen LogP contribution < -0.4 is 10.5 Å². The first-order valence-corrected chi connectivity index (χ1v) is 6.79. The second-order valence-corrected chi connectivity index (χ2v) is 4.44. The molecule has 4 heteroatoms. The van der Waals surface area contributed by atoms with Gasteiger partial charge in [0, 0.05) is 23.5 Å². The fourth-order valence-electron chi connectivity index (χ4n) is 2.10. The van der Waals surface area contributed by atoms with Crippen molar-refractivity contribution in [2.24, 2.45) is 0 Å². The predicted octanol–water partition coefficient (Wildman–Crippen LogP) is 2.98. The molecular weight excluding hydrogens is 238 g/mol. The minimum absolute atomic E-state index is 0.628. The van der Waals surface area contributed by atoms with Gasteiger partial charge in [-0.25, -0.2) is 4.68 Å². The second kappa shape index (κ2) is 5.78. The van der Waals surface area contributed by atoms with Gasteiger partial charge in [-0.15, -0.1) is 0 Å². The number of nitrogens with zero attached hydrogens (tertiary/aromatic N) is 2. The fourth-order valence-corrected chi connectivity index (χ4v) is 2.10. The maximum Gasteiger partial charge on any atom is 0.123 e. The number of nitrogens with two attached hydrogens (primary N) is 1. The van der Waals surface area contributed by atoms with Gasteiger partial charge in [-0.1, -0.05) is 13.8 Å². The highest BCUT2D eigenvalue weighted by atomic mass is 16.5. The van der Waals surface area contributed by atoms with Crippen LogP contribution >= 0.6 is 0 Å². The molecule has 4 nitrogen and oxygen atoms in total. The van der Waals surface area contributed by atoms with Crippen molar-refractivity contribution in [1.29, 1.82) is 0 Å². The lowest BCUT2D eigenvalue weighted by Gasteiger charge is -2.10. The number of benzene rings is 1. The van der Waals surface area contributed by atoms with Crippen LogP contribution in [0.5, 0.6) is 5.75 Å². The summed E-state index contributed by atoms with van der Waals surface area (Å²) in [6, 6.07) is 7.88. The molecule has 102 valence electrons. The highest BCUT2D eigenvalue weighted by molar-refractivity contribution is 5.53. The van der Waals surface area contributed by atoms with E-state index in [2.05, 4.69) is 25.0 Å². The van der Waals surface area contributed by atoms with Crippen molar-refractivity contribution >= 4 is 5.69 Å². The number of aryl methyl sites for hydroxylation is 2. The van der Waals surface area contributed by atoms with Crippen molar-refractivity contribution in [3.05, 3.63) is 35.7 Å². The topological polar surface area (TPSA) is 53.1 Å². The molecule has 2 aromatic rings. The Labute approximate surface area is 114 Å². The lowest BCUT2D eigenvalue weighted by Crippen LogP contribution is -2.03. The van der Waals surface area contributed by atoms with E-state index in [1.54, 1.807) is 0 Å². The number of ether oxygens (including phenoxy) is 1. The predicted molar refractivity (Wildman–Crippen MR) is 77.9 cm³/mol. The molecule has 2 N–H and O–H groups in total. The third kappa shape index (κ3) is 2.89. The Morgan fingerprint density at radius 1 is 1.11 bits per heavy atom. The zero-order valence-electron chi connectivity index (χ0n) is 11.8. The second-order valence-electron chi connectivity index (χ2n) is 4.44. The number of nitrogen functional groups attached to an aromatic ring is 1. The Bertz CT molecular complexity index is 561. The lowest BCUT2D eigenvalue weighted by atomic mass is 10.2. The summed E-state index contributed by atoms with van der Waals surface area (Å²) in [5, 5.41) is 4.62. The van der Waals surface area contributed by atoms with Crippen molar-refractivity contribution < 1.29 is 4.74 Å². The number of rotatable bonds is 5. The van der Waals surface area contributed by atoms with Gasteiger partial charge in [0.15, 0.2) is 0 Å². The first-order valence-electron chi connectivity index (χ1n) is 6.79. The van der Waals surface area contributed by atoms with Gasteiger partial charge < -0.3 is 10.5 Å². The Morgan fingerprint density at radius 2 is 1.89 bits per heavy atom. The van der Waals surface area contributed by atoms with E-state index < -0.39 is 0 Å². The van der Waals surface area contributed by atoms with Crippen molar-refractivity contribution in [1.82, 2.24) is 9.78 Å². The standard InChI is InChI=1S/C15H21N3O/c1-4-12-9-13(5-2)18(17-12)14-7-11(16)8-15(10-14)19-6-3/h7-10H,4-6,16H2,1-3H3. The zero-order chi connectivity index (χ0) is 13.8. The largest absolute Gasteiger partial charge is 0.494 e. The highest BCUT2D eigenvalue weighted by Crippen LogP contribution is 2.23. The molecule has 1 aromatic carbocycles. The maximum atomic E-state index is 5.94. The molecule has 2 rings (SSSR count). The third-order valence-corrected chi connectivity index (χ3v) is 3.03. The Balaban J connectivity index is 2.48. The molecule has 0 atom stereocenters. The molecule has 0 bridgehead atoms. The van der Waals surface area contributed by atoms with Crippen LogP contribution in [0.4, 0.5) is 5.69 Å². The number of anilines is 1. The monoisotopic (exact) mass is 259 g/mol. The van der Waals surface area contributed by atoms with Gasteiger partial charge in [0.05, 0.1) is 18.0 Å². The van der Waals surface area contributed by atoms with E-state index in [1.807, 2.05) is 29.8 Å². The molecule has 0 aliphatic heterocycles. The average molecular weight is 259 g/mol. The summed E-state index contributed by atoms with van der Waals surface area (Å²) in [5.74, 6) is 0.785. The first kappa shape index (κ1) is 13.5. The van der Waals surface area contributed by atoms with Gasteiger partial charge in [-0.3, -0.25) is 0 Å². The van der Waals surface area contributed by atoms with E-state index in [0.29, 0.717) is 12.3 Å². The van der Waals surface area contributed by atoms with Crippen molar-refractivity contribution in [2.75, 3.05) is 12.3 Å². The molecule has 0 radical (unpaired) electrons. The summed E-state index contributed by atoms with van der Waals surface area (Å²) in [6.45, 7) is 6.83. The van der Waals surface area contributed by atoms with Gasteiger partial charge in [-0.05, 0) is 31.9 Å². The molecule has 1 heterocycles. The molecular formula is C15H21N3O. The van der Waals surface area contributed by atoms with Gasteiger partial charge in [-0.2, -0.15) is 5.10 Å². The van der Waals surface area contributed by atoms with Gasteiger partial charge in [0.2, 0.25) is 0 Å². The maximum absolute atomic E-state index is 5.94. The van der Waals surface area contributed by atoms with Crippen LogP contribution in [-0.2, 0) is 12.8 Å². The van der Waals surface area contributed by atoms with Gasteiger partial charge in [0.25, 0.3) is 0 Å². The van der Waals surface area contributed by atoms with Gasteiger partial charge in [0.1, 0.15) is 5.75 Å². The Morgan fingerprint density at radius 3 is 2.53 bits per heavy atom. The normalized spacial score (nSPS) is 10.7. The van der Waals surface area contributed by atoms with E-state index in [1.165, 1.54) is 5.69 Å². The van der Waals surface area contributed by atoms with Crippen LogP contribution in [0.1, 0.15) is 32.2 Å². The minimum atomic E-state index is 0.628. The summed E-state index contributed by atoms with van der Waals surface area (Å²) in [4.78, 5) is 0. The van der Waals surface area contributed by atoms with Crippen molar-refractivity contribution in [3.8, 4) is 11.4 Å².